The molecule has 1 fully saturated rings. The summed E-state index contributed by atoms with van der Waals surface area (Å²) in [4.78, 5) is 16.2. The van der Waals surface area contributed by atoms with Crippen molar-refractivity contribution in [1.82, 2.24) is 25.1 Å². The van der Waals surface area contributed by atoms with E-state index in [0.29, 0.717) is 5.95 Å². The Bertz CT molecular complexity index is 961. The summed E-state index contributed by atoms with van der Waals surface area (Å²) in [7, 11) is 1.98. The Labute approximate surface area is 150 Å². The van der Waals surface area contributed by atoms with Crippen molar-refractivity contribution in [2.45, 2.75) is 12.5 Å². The standard InChI is InChI=1S/C17H20N8O/c1-25-8-6-11-12(3-2-4-13(11)25)21-16-14(15(18)26)23-24-17(22-16)20-10-5-7-19-9-10/h2-4,6,8,10,19H,5,7,9H2,1H3,(H2,18,26)(H2,20,21,22,24)/t10-/m1/s1. The number of nitrogens with zero attached hydrogens (tertiary/aromatic N) is 4. The number of nitrogens with two attached hydrogens (primary N) is 1. The van der Waals surface area contributed by atoms with Crippen LogP contribution in [0.2, 0.25) is 0 Å². The molecule has 0 spiro atoms. The molecule has 0 unspecified atom stereocenters. The predicted molar refractivity (Wildman–Crippen MR) is 99.4 cm³/mol. The summed E-state index contributed by atoms with van der Waals surface area (Å²) in [6.45, 7) is 1.79. The molecule has 26 heavy (non-hydrogen) atoms. The maximum Gasteiger partial charge on any atom is 0.273 e. The maximum atomic E-state index is 11.7. The van der Waals surface area contributed by atoms with Gasteiger partial charge >= 0.3 is 0 Å². The fourth-order valence-corrected chi connectivity index (χ4v) is 3.14. The number of aryl methyl sites for hydroxylation is 1. The van der Waals surface area contributed by atoms with Crippen LogP contribution in [0.25, 0.3) is 10.9 Å². The number of amides is 1. The highest BCUT2D eigenvalue weighted by molar-refractivity contribution is 5.99. The molecule has 1 aliphatic heterocycles. The molecular formula is C17H20N8O. The molecule has 5 N–H and O–H groups in total. The molecule has 9 nitrogen and oxygen atoms in total. The van der Waals surface area contributed by atoms with Crippen molar-refractivity contribution in [3.8, 4) is 0 Å². The van der Waals surface area contributed by atoms with Crippen LogP contribution in [0.3, 0.4) is 0 Å². The van der Waals surface area contributed by atoms with Crippen molar-refractivity contribution in [3.05, 3.63) is 36.2 Å². The summed E-state index contributed by atoms with van der Waals surface area (Å²) in [5.41, 5.74) is 7.33. The van der Waals surface area contributed by atoms with Crippen LogP contribution in [0.4, 0.5) is 17.5 Å². The topological polar surface area (TPSA) is 123 Å². The van der Waals surface area contributed by atoms with Crippen LogP contribution >= 0.6 is 0 Å². The second-order valence-electron chi connectivity index (χ2n) is 6.32. The third-order valence-corrected chi connectivity index (χ3v) is 4.49. The zero-order valence-corrected chi connectivity index (χ0v) is 14.4. The lowest BCUT2D eigenvalue weighted by molar-refractivity contribution is 0.0995. The lowest BCUT2D eigenvalue weighted by Crippen LogP contribution is -2.25. The first-order valence-electron chi connectivity index (χ1n) is 8.44. The number of hydrogen-bond donors (Lipinski definition) is 4. The summed E-state index contributed by atoms with van der Waals surface area (Å²) < 4.78 is 2.02. The molecule has 0 bridgehead atoms. The number of primary amides is 1. The average molecular weight is 352 g/mol. The van der Waals surface area contributed by atoms with Gasteiger partial charge in [0.25, 0.3) is 5.91 Å². The first kappa shape index (κ1) is 16.3. The lowest BCUT2D eigenvalue weighted by Gasteiger charge is -2.14. The number of carbonyl (C=O) groups is 1. The molecule has 0 radical (unpaired) electrons. The van der Waals surface area contributed by atoms with E-state index in [4.69, 9.17) is 5.73 Å². The smallest absolute Gasteiger partial charge is 0.273 e. The first-order chi connectivity index (χ1) is 12.6. The van der Waals surface area contributed by atoms with Gasteiger partial charge in [-0.05, 0) is 31.2 Å². The molecule has 0 saturated carbocycles. The zero-order valence-electron chi connectivity index (χ0n) is 14.4. The van der Waals surface area contributed by atoms with E-state index in [9.17, 15) is 4.79 Å². The van der Waals surface area contributed by atoms with Gasteiger partial charge in [-0.25, -0.2) is 0 Å². The van der Waals surface area contributed by atoms with E-state index >= 15 is 0 Å². The number of aromatic nitrogens is 4. The molecule has 2 aromatic heterocycles. The molecule has 3 heterocycles. The molecule has 1 amide bonds. The molecule has 0 aliphatic carbocycles. The van der Waals surface area contributed by atoms with Gasteiger partial charge in [-0.1, -0.05) is 6.07 Å². The number of fused-ring (bicyclic) bond motifs is 1. The van der Waals surface area contributed by atoms with E-state index in [1.165, 1.54) is 0 Å². The highest BCUT2D eigenvalue weighted by atomic mass is 16.1. The highest BCUT2D eigenvalue weighted by Crippen LogP contribution is 2.27. The Hall–Kier alpha value is -3.20. The Morgan fingerprint density at radius 2 is 2.23 bits per heavy atom. The van der Waals surface area contributed by atoms with Gasteiger partial charge in [0.05, 0.1) is 0 Å². The van der Waals surface area contributed by atoms with E-state index in [-0.39, 0.29) is 17.6 Å². The second kappa shape index (κ2) is 6.60. The molecular weight excluding hydrogens is 332 g/mol. The number of benzene rings is 1. The molecule has 9 heteroatoms. The summed E-state index contributed by atoms with van der Waals surface area (Å²) in [6.07, 6.45) is 2.95. The maximum absolute atomic E-state index is 11.7. The summed E-state index contributed by atoms with van der Waals surface area (Å²) in [5.74, 6) is -0.0226. The normalized spacial score (nSPS) is 16.7. The minimum absolute atomic E-state index is 0.00744. The fourth-order valence-electron chi connectivity index (χ4n) is 3.14. The molecule has 1 saturated heterocycles. The van der Waals surface area contributed by atoms with Gasteiger partial charge in [0.1, 0.15) is 0 Å². The van der Waals surface area contributed by atoms with Gasteiger partial charge in [-0.3, -0.25) is 4.79 Å². The van der Waals surface area contributed by atoms with Crippen LogP contribution in [0.1, 0.15) is 16.9 Å². The van der Waals surface area contributed by atoms with Crippen molar-refractivity contribution in [3.63, 3.8) is 0 Å². The Morgan fingerprint density at radius 3 is 3.00 bits per heavy atom. The van der Waals surface area contributed by atoms with Gasteiger partial charge in [0.2, 0.25) is 5.95 Å². The molecule has 1 aromatic carbocycles. The van der Waals surface area contributed by atoms with E-state index < -0.39 is 5.91 Å². The van der Waals surface area contributed by atoms with Crippen LogP contribution < -0.4 is 21.7 Å². The second-order valence-corrected chi connectivity index (χ2v) is 6.32. The van der Waals surface area contributed by atoms with Crippen LogP contribution in [0, 0.1) is 0 Å². The van der Waals surface area contributed by atoms with Gasteiger partial charge < -0.3 is 26.3 Å². The summed E-state index contributed by atoms with van der Waals surface area (Å²) >= 11 is 0. The summed E-state index contributed by atoms with van der Waals surface area (Å²) in [5, 5.41) is 18.7. The van der Waals surface area contributed by atoms with Gasteiger partial charge in [0, 0.05) is 42.4 Å². The van der Waals surface area contributed by atoms with Gasteiger partial charge in [0.15, 0.2) is 11.5 Å². The Balaban J connectivity index is 1.69. The number of nitrogens with one attached hydrogen (secondary N) is 3. The minimum Gasteiger partial charge on any atom is -0.364 e. The van der Waals surface area contributed by atoms with Crippen LogP contribution in [0.15, 0.2) is 30.5 Å². The highest BCUT2D eigenvalue weighted by Gasteiger charge is 2.19. The SMILES string of the molecule is Cn1ccc2c(Nc3nc(N[C@@H]4CCNC4)nnc3C(N)=O)cccc21. The third kappa shape index (κ3) is 3.04. The molecule has 3 aromatic rings. The van der Waals surface area contributed by atoms with Crippen LogP contribution in [0.5, 0.6) is 0 Å². The largest absolute Gasteiger partial charge is 0.364 e. The minimum atomic E-state index is -0.679. The van der Waals surface area contributed by atoms with Crippen molar-refractivity contribution < 1.29 is 4.79 Å². The third-order valence-electron chi connectivity index (χ3n) is 4.49. The molecule has 134 valence electrons. The van der Waals surface area contributed by atoms with Crippen molar-refractivity contribution >= 4 is 34.3 Å². The van der Waals surface area contributed by atoms with Gasteiger partial charge in [-0.2, -0.15) is 4.98 Å². The van der Waals surface area contributed by atoms with Crippen molar-refractivity contribution in [2.24, 2.45) is 12.8 Å². The Kier molecular flexibility index (Phi) is 4.13. The monoisotopic (exact) mass is 352 g/mol. The average Bonchev–Trinajstić information content (AvgIpc) is 3.26. The lowest BCUT2D eigenvalue weighted by atomic mass is 10.2. The van der Waals surface area contributed by atoms with Crippen LogP contribution in [-0.2, 0) is 7.05 Å². The summed E-state index contributed by atoms with van der Waals surface area (Å²) in [6, 6.07) is 8.12. The van der Waals surface area contributed by atoms with Crippen LogP contribution in [-0.4, -0.2) is 44.8 Å². The number of anilines is 3. The fraction of sp³-hybridized carbons (Fsp3) is 0.294. The number of carbonyl (C=O) groups excluding carboxylic acids is 1. The molecule has 1 atom stereocenters. The van der Waals surface area contributed by atoms with E-state index in [1.54, 1.807) is 0 Å². The molecule has 4 rings (SSSR count). The predicted octanol–water partition coefficient (Wildman–Crippen LogP) is 0.980. The van der Waals surface area contributed by atoms with Crippen molar-refractivity contribution in [1.29, 1.82) is 0 Å². The van der Waals surface area contributed by atoms with E-state index in [1.807, 2.05) is 42.1 Å². The number of hydrogen-bond acceptors (Lipinski definition) is 7. The van der Waals surface area contributed by atoms with E-state index in [0.717, 1.165) is 36.1 Å². The zero-order chi connectivity index (χ0) is 18.1. The first-order valence-corrected chi connectivity index (χ1v) is 8.44. The molecule has 1 aliphatic rings. The van der Waals surface area contributed by atoms with Gasteiger partial charge in [-0.15, -0.1) is 10.2 Å². The van der Waals surface area contributed by atoms with E-state index in [2.05, 4.69) is 31.1 Å². The van der Waals surface area contributed by atoms with Crippen molar-refractivity contribution in [2.75, 3.05) is 23.7 Å². The quantitative estimate of drug-likeness (QED) is 0.540. The Morgan fingerprint density at radius 1 is 1.35 bits per heavy atom. The number of rotatable bonds is 5.